The Hall–Kier alpha value is -7.77. The van der Waals surface area contributed by atoms with Gasteiger partial charge in [-0.3, -0.25) is 43.5 Å². The first-order valence-corrected chi connectivity index (χ1v) is 33.4. The van der Waals surface area contributed by atoms with Crippen LogP contribution in [0.25, 0.3) is 0 Å². The van der Waals surface area contributed by atoms with Gasteiger partial charge < -0.3 is 46.6 Å². The molecule has 21 heteroatoms. The van der Waals surface area contributed by atoms with Crippen LogP contribution in [0.3, 0.4) is 0 Å². The number of nitriles is 3. The van der Waals surface area contributed by atoms with Crippen LogP contribution >= 0.6 is 0 Å². The van der Waals surface area contributed by atoms with Gasteiger partial charge in [-0.25, -0.2) is 0 Å². The Balaban J connectivity index is 0.000000192. The van der Waals surface area contributed by atoms with Crippen molar-refractivity contribution in [3.8, 4) is 18.2 Å². The number of carbonyl (C=O) groups excluding carboxylic acids is 6. The summed E-state index contributed by atoms with van der Waals surface area (Å²) >= 11 is 0. The molecule has 0 aromatic heterocycles. The molecule has 21 nitrogen and oxygen atoms in total. The van der Waals surface area contributed by atoms with Gasteiger partial charge in [0, 0.05) is 112 Å². The molecule has 3 saturated heterocycles. The summed E-state index contributed by atoms with van der Waals surface area (Å²) in [6, 6.07) is 28.8. The minimum absolute atomic E-state index is 0.0450. The highest BCUT2D eigenvalue weighted by molar-refractivity contribution is 6.01. The zero-order valence-corrected chi connectivity index (χ0v) is 53.9. The number of hydrogen-bond acceptors (Lipinski definition) is 15. The molecule has 6 amide bonds. The van der Waals surface area contributed by atoms with Crippen molar-refractivity contribution in [3.05, 3.63) is 89.5 Å². The number of rotatable bonds is 21. The monoisotopic (exact) mass is 1230 g/mol. The average Bonchev–Trinajstić information content (AvgIpc) is 2.71. The summed E-state index contributed by atoms with van der Waals surface area (Å²) in [4.78, 5) is 91.4. The minimum Gasteiger partial charge on any atom is -0.369 e. The smallest absolute Gasteiger partial charge is 0.252 e. The van der Waals surface area contributed by atoms with Crippen LogP contribution < -0.4 is 46.6 Å². The number of benzene rings is 3. The van der Waals surface area contributed by atoms with Gasteiger partial charge in [-0.15, -0.1) is 0 Å². The number of piperazine rings is 3. The number of anilines is 3. The number of nitrogens with one attached hydrogen (secondary N) is 6. The van der Waals surface area contributed by atoms with E-state index < -0.39 is 16.6 Å². The van der Waals surface area contributed by atoms with Crippen molar-refractivity contribution in [1.29, 1.82) is 15.8 Å². The number of nitrogens with zero attached hydrogens (tertiary/aromatic N) is 9. The minimum atomic E-state index is -0.916. The predicted molar refractivity (Wildman–Crippen MR) is 352 cm³/mol. The second-order valence-corrected chi connectivity index (χ2v) is 24.9. The Kier molecular flexibility index (Phi) is 27.6. The first kappa shape index (κ1) is 69.7. The Bertz CT molecular complexity index is 2580. The van der Waals surface area contributed by atoms with Crippen molar-refractivity contribution in [2.45, 2.75) is 153 Å². The maximum Gasteiger partial charge on any atom is 0.252 e. The van der Waals surface area contributed by atoms with Gasteiger partial charge in [-0.05, 0) is 150 Å². The summed E-state index contributed by atoms with van der Waals surface area (Å²) in [6.07, 6.45) is 15.7. The highest BCUT2D eigenvalue weighted by atomic mass is 16.2. The highest BCUT2D eigenvalue weighted by Gasteiger charge is 2.43. The fourth-order valence-corrected chi connectivity index (χ4v) is 13.5. The van der Waals surface area contributed by atoms with Crippen LogP contribution in [0.15, 0.2) is 72.8 Å². The van der Waals surface area contributed by atoms with E-state index in [-0.39, 0.29) is 55.1 Å². The Morgan fingerprint density at radius 1 is 0.356 bits per heavy atom. The second kappa shape index (κ2) is 35.6. The quantitative estimate of drug-likeness (QED) is 0.0594. The summed E-state index contributed by atoms with van der Waals surface area (Å²) in [7, 11) is 0. The summed E-state index contributed by atoms with van der Waals surface area (Å²) < 4.78 is 0. The van der Waals surface area contributed by atoms with Crippen LogP contribution in [0.1, 0.15) is 167 Å². The Morgan fingerprint density at radius 3 is 0.778 bits per heavy atom. The zero-order valence-electron chi connectivity index (χ0n) is 53.9. The molecule has 0 radical (unpaired) electrons. The first-order chi connectivity index (χ1) is 43.7. The third-order valence-electron chi connectivity index (χ3n) is 18.7. The van der Waals surface area contributed by atoms with E-state index in [0.29, 0.717) is 55.2 Å². The summed E-state index contributed by atoms with van der Waals surface area (Å²) in [5, 5.41) is 43.2. The van der Waals surface area contributed by atoms with Gasteiger partial charge in [-0.1, -0.05) is 78.6 Å². The molecule has 3 aliphatic heterocycles. The molecule has 3 aromatic carbocycles. The molecule has 0 bridgehead atoms. The Labute approximate surface area is 534 Å². The maximum absolute atomic E-state index is 12.9. The second-order valence-electron chi connectivity index (χ2n) is 24.9. The van der Waals surface area contributed by atoms with Crippen molar-refractivity contribution in [1.82, 2.24) is 46.6 Å². The molecule has 0 unspecified atom stereocenters. The molecule has 3 saturated carbocycles. The third-order valence-corrected chi connectivity index (χ3v) is 18.7. The normalized spacial score (nSPS) is 19.0. The predicted octanol–water partition coefficient (Wildman–Crippen LogP) is 6.87. The van der Waals surface area contributed by atoms with Gasteiger partial charge in [0.1, 0.15) is 36.3 Å². The Morgan fingerprint density at radius 2 is 0.578 bits per heavy atom. The van der Waals surface area contributed by atoms with Crippen molar-refractivity contribution in [3.63, 3.8) is 0 Å². The van der Waals surface area contributed by atoms with Crippen LogP contribution in [0.5, 0.6) is 0 Å². The van der Waals surface area contributed by atoms with E-state index in [2.05, 4.69) is 82.1 Å². The lowest BCUT2D eigenvalue weighted by Gasteiger charge is -2.37. The lowest BCUT2D eigenvalue weighted by atomic mass is 9.80. The van der Waals surface area contributed by atoms with E-state index in [1.54, 1.807) is 0 Å². The van der Waals surface area contributed by atoms with Crippen molar-refractivity contribution in [2.75, 3.05) is 133 Å². The number of hydrogen-bond donors (Lipinski definition) is 6. The molecule has 0 spiro atoms. The van der Waals surface area contributed by atoms with E-state index in [0.717, 1.165) is 173 Å². The molecule has 0 atom stereocenters. The molecule has 3 heterocycles. The zero-order chi connectivity index (χ0) is 64.2. The largest absolute Gasteiger partial charge is 0.369 e. The highest BCUT2D eigenvalue weighted by Crippen LogP contribution is 2.32. The van der Waals surface area contributed by atoms with E-state index in [4.69, 9.17) is 15.8 Å². The van der Waals surface area contributed by atoms with E-state index in [1.165, 1.54) is 19.3 Å². The van der Waals surface area contributed by atoms with Crippen LogP contribution in [-0.4, -0.2) is 185 Å². The molecule has 6 fully saturated rings. The van der Waals surface area contributed by atoms with Crippen LogP contribution in [-0.2, 0) is 14.4 Å². The van der Waals surface area contributed by atoms with Gasteiger partial charge in [0.15, 0.2) is 0 Å². The maximum atomic E-state index is 12.9. The summed E-state index contributed by atoms with van der Waals surface area (Å²) in [5.41, 5.74) is 2.30. The molecule has 3 aliphatic carbocycles. The lowest BCUT2D eigenvalue weighted by molar-refractivity contribution is -0.129. The molecule has 3 aromatic rings. The standard InChI is InChI=1S/3C23H33N5O2/c3*1-2-14-27-15-17-28(18-16-27)20-8-6-19(7-9-20)21(29)26-23(10-4-3-5-11-23)22(30)25-13-12-24/h3*6-9H,2-5,10-11,13-18H2,1H3,(H,25,30)(H,26,29). The molecule has 90 heavy (non-hydrogen) atoms. The topological polar surface area (TPSA) is 265 Å². The van der Waals surface area contributed by atoms with Crippen molar-refractivity contribution in [2.24, 2.45) is 0 Å². The van der Waals surface area contributed by atoms with Gasteiger partial charge in [0.05, 0.1) is 18.2 Å². The van der Waals surface area contributed by atoms with E-state index in [1.807, 2.05) is 91.0 Å². The fraction of sp³-hybridized carbons (Fsp3) is 0.609. The van der Waals surface area contributed by atoms with Crippen molar-refractivity contribution < 1.29 is 28.8 Å². The van der Waals surface area contributed by atoms with Gasteiger partial charge in [0.25, 0.3) is 17.7 Å². The summed E-state index contributed by atoms with van der Waals surface area (Å²) in [6.45, 7) is 22.3. The fourth-order valence-electron chi connectivity index (χ4n) is 13.5. The van der Waals surface area contributed by atoms with Crippen LogP contribution in [0, 0.1) is 34.0 Å². The molecule has 6 aliphatic rings. The SMILES string of the molecule is CCCN1CCN(c2ccc(C(=O)NC3(C(=O)NCC#N)CCCCC3)cc2)CC1.CCCN1CCN(c2ccc(C(=O)NC3(C(=O)NCC#N)CCCCC3)cc2)CC1.CCCN1CCN(c2ccc(C(=O)NC3(C(=O)NCC#N)CCCCC3)cc2)CC1. The molecule has 6 N–H and O–H groups in total. The van der Waals surface area contributed by atoms with E-state index in [9.17, 15) is 28.8 Å². The summed E-state index contributed by atoms with van der Waals surface area (Å²) in [5.74, 6) is -1.45. The molecule has 486 valence electrons. The van der Waals surface area contributed by atoms with Crippen LogP contribution in [0.2, 0.25) is 0 Å². The number of amides is 6. The third kappa shape index (κ3) is 19.6. The van der Waals surface area contributed by atoms with Gasteiger partial charge >= 0.3 is 0 Å². The molecular weight excluding hydrogens is 1130 g/mol. The first-order valence-electron chi connectivity index (χ1n) is 33.4. The average molecular weight is 1230 g/mol. The molecule has 9 rings (SSSR count). The lowest BCUT2D eigenvalue weighted by Crippen LogP contribution is -2.59. The van der Waals surface area contributed by atoms with Gasteiger partial charge in [-0.2, -0.15) is 15.8 Å². The molecular formula is C69H99N15O6. The van der Waals surface area contributed by atoms with Gasteiger partial charge in [0.2, 0.25) is 17.7 Å². The van der Waals surface area contributed by atoms with Crippen LogP contribution in [0.4, 0.5) is 17.1 Å². The number of carbonyl (C=O) groups is 6. The van der Waals surface area contributed by atoms with Crippen molar-refractivity contribution >= 4 is 52.5 Å². The van der Waals surface area contributed by atoms with E-state index >= 15 is 0 Å².